The van der Waals surface area contributed by atoms with Crippen molar-refractivity contribution in [3.05, 3.63) is 72.0 Å². The Balaban J connectivity index is 1.74. The number of fused-ring (bicyclic) bond motifs is 1. The highest BCUT2D eigenvalue weighted by Gasteiger charge is 2.49. The van der Waals surface area contributed by atoms with Crippen molar-refractivity contribution >= 4 is 26.4 Å². The first-order valence-corrected chi connectivity index (χ1v) is 11.2. The number of nitrogens with two attached hydrogens (primary N) is 1. The maximum atomic E-state index is 14.8. The van der Waals surface area contributed by atoms with Crippen LogP contribution in [0.15, 0.2) is 65.7 Å². The Morgan fingerprint density at radius 1 is 0.967 bits per heavy atom. The number of rotatable bonds is 3. The first-order valence-electron chi connectivity index (χ1n) is 9.57. The lowest BCUT2D eigenvalue weighted by molar-refractivity contribution is 0.456. The molecule has 1 atom stereocenters. The lowest BCUT2D eigenvalue weighted by Gasteiger charge is -2.38. The minimum absolute atomic E-state index is 0.0310. The third-order valence-electron chi connectivity index (χ3n) is 5.71. The van der Waals surface area contributed by atoms with Gasteiger partial charge in [0, 0.05) is 5.56 Å². The molecule has 3 aromatic carbocycles. The van der Waals surface area contributed by atoms with Crippen LogP contribution in [0.1, 0.15) is 26.3 Å². The zero-order chi connectivity index (χ0) is 21.7. The lowest BCUT2D eigenvalue weighted by atomic mass is 9.93. The van der Waals surface area contributed by atoms with Crippen LogP contribution in [0.25, 0.3) is 10.8 Å². The first kappa shape index (κ1) is 20.3. The van der Waals surface area contributed by atoms with Crippen molar-refractivity contribution < 1.29 is 17.5 Å². The van der Waals surface area contributed by atoms with E-state index in [-0.39, 0.29) is 17.2 Å². The molecule has 2 N–H and O–H groups in total. The van der Waals surface area contributed by atoms with Gasteiger partial charge in [-0.05, 0) is 61.9 Å². The van der Waals surface area contributed by atoms with E-state index in [4.69, 9.17) is 10.5 Å². The van der Waals surface area contributed by atoms with Gasteiger partial charge in [0.1, 0.15) is 33.4 Å². The quantitative estimate of drug-likeness (QED) is 0.666. The molecular weight excluding hydrogens is 403 g/mol. The van der Waals surface area contributed by atoms with E-state index in [1.54, 1.807) is 6.92 Å². The second kappa shape index (κ2) is 6.80. The molecule has 3 aromatic rings. The van der Waals surface area contributed by atoms with Gasteiger partial charge in [-0.15, -0.1) is 0 Å². The standard InChI is InChI=1S/C23H23FN2O3S/c1-22(2)21(25)26-23(3,14-30(22,27)28)19-13-18(10-11-20(19)24)29-17-9-8-15-6-4-5-7-16(15)12-17/h4-13H,14H2,1-3H3,(H2,25,26). The average Bonchev–Trinajstić information content (AvgIpc) is 2.67. The van der Waals surface area contributed by atoms with E-state index in [1.165, 1.54) is 32.0 Å². The average molecular weight is 427 g/mol. The largest absolute Gasteiger partial charge is 0.457 e. The zero-order valence-electron chi connectivity index (χ0n) is 17.0. The number of aliphatic imine (C=N–C) groups is 1. The van der Waals surface area contributed by atoms with Crippen LogP contribution < -0.4 is 10.5 Å². The highest BCUT2D eigenvalue weighted by atomic mass is 32.2. The molecule has 0 saturated heterocycles. The minimum atomic E-state index is -3.64. The molecule has 0 radical (unpaired) electrons. The zero-order valence-corrected chi connectivity index (χ0v) is 17.8. The maximum Gasteiger partial charge on any atom is 0.165 e. The summed E-state index contributed by atoms with van der Waals surface area (Å²) in [6.45, 7) is 4.59. The second-order valence-corrected chi connectivity index (χ2v) is 10.8. The van der Waals surface area contributed by atoms with E-state index in [1.807, 2.05) is 42.5 Å². The van der Waals surface area contributed by atoms with Crippen LogP contribution in [0.2, 0.25) is 0 Å². The van der Waals surface area contributed by atoms with Crippen molar-refractivity contribution in [2.75, 3.05) is 5.75 Å². The predicted octanol–water partition coefficient (Wildman–Crippen LogP) is 4.55. The van der Waals surface area contributed by atoms with Gasteiger partial charge in [-0.25, -0.2) is 12.8 Å². The fourth-order valence-corrected chi connectivity index (χ4v) is 5.31. The molecule has 7 heteroatoms. The van der Waals surface area contributed by atoms with Gasteiger partial charge in [0.15, 0.2) is 9.84 Å². The molecule has 0 fully saturated rings. The summed E-state index contributed by atoms with van der Waals surface area (Å²) in [5, 5.41) is 2.10. The van der Waals surface area contributed by atoms with Crippen LogP contribution in [0.3, 0.4) is 0 Å². The van der Waals surface area contributed by atoms with Gasteiger partial charge in [0.2, 0.25) is 0 Å². The van der Waals surface area contributed by atoms with E-state index in [0.29, 0.717) is 11.5 Å². The molecule has 156 valence electrons. The van der Waals surface area contributed by atoms with Crippen molar-refractivity contribution in [3.63, 3.8) is 0 Å². The number of hydrogen-bond donors (Lipinski definition) is 1. The van der Waals surface area contributed by atoms with Crippen molar-refractivity contribution in [2.24, 2.45) is 10.7 Å². The van der Waals surface area contributed by atoms with Crippen LogP contribution >= 0.6 is 0 Å². The number of hydrogen-bond acceptors (Lipinski definition) is 5. The molecule has 0 aliphatic carbocycles. The highest BCUT2D eigenvalue weighted by molar-refractivity contribution is 7.93. The molecule has 1 unspecified atom stereocenters. The van der Waals surface area contributed by atoms with Gasteiger partial charge < -0.3 is 10.5 Å². The molecular formula is C23H23FN2O3S. The predicted molar refractivity (Wildman–Crippen MR) is 117 cm³/mol. The van der Waals surface area contributed by atoms with E-state index in [9.17, 15) is 12.8 Å². The number of ether oxygens (including phenoxy) is 1. The first-order chi connectivity index (χ1) is 14.0. The van der Waals surface area contributed by atoms with Crippen LogP contribution in [0.5, 0.6) is 11.5 Å². The third-order valence-corrected chi connectivity index (χ3v) is 8.41. The van der Waals surface area contributed by atoms with Crippen molar-refractivity contribution in [2.45, 2.75) is 31.1 Å². The van der Waals surface area contributed by atoms with Crippen LogP contribution in [0, 0.1) is 5.82 Å². The number of amidine groups is 1. The summed E-state index contributed by atoms with van der Waals surface area (Å²) in [5.41, 5.74) is 4.77. The monoisotopic (exact) mass is 426 g/mol. The molecule has 0 saturated carbocycles. The minimum Gasteiger partial charge on any atom is -0.457 e. The van der Waals surface area contributed by atoms with Crippen molar-refractivity contribution in [1.82, 2.24) is 0 Å². The SMILES string of the molecule is CC1(c2cc(Oc3ccc4ccccc4c3)ccc2F)CS(=O)(=O)C(C)(C)C(N)=N1. The van der Waals surface area contributed by atoms with Crippen LogP contribution in [0.4, 0.5) is 4.39 Å². The van der Waals surface area contributed by atoms with E-state index in [2.05, 4.69) is 4.99 Å². The Kier molecular flexibility index (Phi) is 4.62. The van der Waals surface area contributed by atoms with E-state index in [0.717, 1.165) is 10.8 Å². The van der Waals surface area contributed by atoms with Gasteiger partial charge in [-0.2, -0.15) is 0 Å². The molecule has 1 aliphatic heterocycles. The van der Waals surface area contributed by atoms with Crippen molar-refractivity contribution in [3.8, 4) is 11.5 Å². The van der Waals surface area contributed by atoms with Gasteiger partial charge in [-0.1, -0.05) is 30.3 Å². The smallest absolute Gasteiger partial charge is 0.165 e. The summed E-state index contributed by atoms with van der Waals surface area (Å²) in [7, 11) is -3.64. The molecule has 0 bridgehead atoms. The molecule has 0 amide bonds. The van der Waals surface area contributed by atoms with Gasteiger partial charge in [0.25, 0.3) is 0 Å². The summed E-state index contributed by atoms with van der Waals surface area (Å²) in [4.78, 5) is 4.40. The molecule has 0 spiro atoms. The Morgan fingerprint density at radius 2 is 1.60 bits per heavy atom. The Hall–Kier alpha value is -2.93. The summed E-state index contributed by atoms with van der Waals surface area (Å²) in [6, 6.07) is 17.8. The fourth-order valence-electron chi connectivity index (χ4n) is 3.63. The second-order valence-electron chi connectivity index (χ2n) is 8.29. The molecule has 0 aromatic heterocycles. The fraction of sp³-hybridized carbons (Fsp3) is 0.261. The number of nitrogens with zero attached hydrogens (tertiary/aromatic N) is 1. The Bertz CT molecular complexity index is 1280. The van der Waals surface area contributed by atoms with Gasteiger partial charge in [0.05, 0.1) is 5.75 Å². The summed E-state index contributed by atoms with van der Waals surface area (Å²) in [5.74, 6) is 0.0476. The third kappa shape index (κ3) is 3.33. The Morgan fingerprint density at radius 3 is 2.30 bits per heavy atom. The number of benzene rings is 3. The van der Waals surface area contributed by atoms with Crippen molar-refractivity contribution in [1.29, 1.82) is 0 Å². The molecule has 5 nitrogen and oxygen atoms in total. The topological polar surface area (TPSA) is 81.8 Å². The Labute approximate surface area is 175 Å². The highest BCUT2D eigenvalue weighted by Crippen LogP contribution is 2.39. The van der Waals surface area contributed by atoms with Crippen LogP contribution in [-0.4, -0.2) is 24.8 Å². The van der Waals surface area contributed by atoms with E-state index >= 15 is 0 Å². The molecule has 1 aliphatic rings. The lowest BCUT2D eigenvalue weighted by Crippen LogP contribution is -2.54. The molecule has 30 heavy (non-hydrogen) atoms. The summed E-state index contributed by atoms with van der Waals surface area (Å²) >= 11 is 0. The van der Waals surface area contributed by atoms with Crippen LogP contribution in [-0.2, 0) is 15.4 Å². The van der Waals surface area contributed by atoms with E-state index < -0.39 is 25.9 Å². The number of halogens is 1. The number of sulfone groups is 1. The molecule has 4 rings (SSSR count). The normalized spacial score (nSPS) is 22.5. The van der Waals surface area contributed by atoms with Gasteiger partial charge >= 0.3 is 0 Å². The summed E-state index contributed by atoms with van der Waals surface area (Å²) in [6.07, 6.45) is 0. The summed E-state index contributed by atoms with van der Waals surface area (Å²) < 4.78 is 45.0. The van der Waals surface area contributed by atoms with Gasteiger partial charge in [-0.3, -0.25) is 4.99 Å². The molecule has 1 heterocycles. The maximum absolute atomic E-state index is 14.8.